The van der Waals surface area contributed by atoms with Crippen LogP contribution < -0.4 is 0 Å². The Balaban J connectivity index is 1.75. The first-order chi connectivity index (χ1) is 10.7. The molecule has 0 saturated carbocycles. The van der Waals surface area contributed by atoms with Gasteiger partial charge in [-0.05, 0) is 26.0 Å². The number of aliphatic hydroxyl groups is 1. The maximum absolute atomic E-state index is 9.03. The summed E-state index contributed by atoms with van der Waals surface area (Å²) in [7, 11) is 0. The minimum Gasteiger partial charge on any atom is -0.395 e. The Morgan fingerprint density at radius 3 is 2.45 bits per heavy atom. The van der Waals surface area contributed by atoms with Crippen LogP contribution in [0.25, 0.3) is 11.0 Å². The van der Waals surface area contributed by atoms with Crippen molar-refractivity contribution >= 4 is 11.0 Å². The van der Waals surface area contributed by atoms with Crippen LogP contribution in [0.2, 0.25) is 0 Å². The number of hydrogen-bond donors (Lipinski definition) is 1. The normalized spacial score (nSPS) is 17.6. The van der Waals surface area contributed by atoms with Crippen LogP contribution in [0.1, 0.15) is 25.7 Å². The topological polar surface area (TPSA) is 44.5 Å². The van der Waals surface area contributed by atoms with Crippen molar-refractivity contribution in [3.8, 4) is 0 Å². The molecule has 2 heterocycles. The lowest BCUT2D eigenvalue weighted by Crippen LogP contribution is -2.46. The Hall–Kier alpha value is -1.43. The Morgan fingerprint density at radius 1 is 1.09 bits per heavy atom. The summed E-state index contributed by atoms with van der Waals surface area (Å²) in [4.78, 5) is 9.64. The van der Waals surface area contributed by atoms with Gasteiger partial charge >= 0.3 is 0 Å². The monoisotopic (exact) mass is 302 g/mol. The maximum Gasteiger partial charge on any atom is 0.124 e. The summed E-state index contributed by atoms with van der Waals surface area (Å²) >= 11 is 0. The molecule has 5 heteroatoms. The highest BCUT2D eigenvalue weighted by Crippen LogP contribution is 2.22. The van der Waals surface area contributed by atoms with Crippen LogP contribution in [-0.4, -0.2) is 63.8 Å². The van der Waals surface area contributed by atoms with E-state index in [1.165, 1.54) is 5.52 Å². The van der Waals surface area contributed by atoms with E-state index in [4.69, 9.17) is 10.1 Å². The highest BCUT2D eigenvalue weighted by atomic mass is 16.3. The largest absolute Gasteiger partial charge is 0.395 e. The number of aromatic nitrogens is 2. The molecular formula is C17H26N4O. The lowest BCUT2D eigenvalue weighted by Gasteiger charge is -2.34. The number of β-amino-alcohol motifs (C(OH)–C–C–N with tert-alkyl or cyclic N) is 1. The first kappa shape index (κ1) is 15.5. The minimum absolute atomic E-state index is 0.253. The summed E-state index contributed by atoms with van der Waals surface area (Å²) in [6, 6.07) is 8.80. The van der Waals surface area contributed by atoms with Crippen molar-refractivity contribution in [1.82, 2.24) is 19.4 Å². The number of hydrogen-bond acceptors (Lipinski definition) is 4. The second kappa shape index (κ2) is 6.77. The van der Waals surface area contributed by atoms with Gasteiger partial charge in [0, 0.05) is 38.8 Å². The molecule has 0 atom stereocenters. The first-order valence-electron chi connectivity index (χ1n) is 8.20. The molecule has 5 nitrogen and oxygen atoms in total. The number of aliphatic hydroxyl groups excluding tert-OH is 1. The molecule has 120 valence electrons. The fourth-order valence-electron chi connectivity index (χ4n) is 3.29. The van der Waals surface area contributed by atoms with Gasteiger partial charge in [0.2, 0.25) is 0 Å². The molecule has 1 aromatic heterocycles. The molecule has 0 amide bonds. The lowest BCUT2D eigenvalue weighted by molar-refractivity contribution is 0.106. The van der Waals surface area contributed by atoms with Crippen LogP contribution in [0.5, 0.6) is 0 Å². The van der Waals surface area contributed by atoms with Crippen molar-refractivity contribution in [3.63, 3.8) is 0 Å². The number of rotatable bonds is 5. The van der Waals surface area contributed by atoms with E-state index in [1.807, 2.05) is 0 Å². The molecule has 0 aliphatic carbocycles. The van der Waals surface area contributed by atoms with E-state index in [2.05, 4.69) is 52.5 Å². The number of nitrogens with zero attached hydrogens (tertiary/aromatic N) is 4. The third-order valence-electron chi connectivity index (χ3n) is 4.43. The van der Waals surface area contributed by atoms with Crippen molar-refractivity contribution in [2.75, 3.05) is 39.3 Å². The summed E-state index contributed by atoms with van der Waals surface area (Å²) in [6.45, 7) is 10.5. The Bertz CT molecular complexity index is 614. The highest BCUT2D eigenvalue weighted by Gasteiger charge is 2.20. The Morgan fingerprint density at radius 2 is 1.77 bits per heavy atom. The molecule has 1 aliphatic rings. The molecule has 1 aliphatic heterocycles. The zero-order valence-corrected chi connectivity index (χ0v) is 13.6. The zero-order chi connectivity index (χ0) is 15.5. The van der Waals surface area contributed by atoms with Gasteiger partial charge in [0.15, 0.2) is 0 Å². The smallest absolute Gasteiger partial charge is 0.124 e. The molecule has 0 spiro atoms. The quantitative estimate of drug-likeness (QED) is 0.913. The number of para-hydroxylation sites is 2. The van der Waals surface area contributed by atoms with E-state index in [-0.39, 0.29) is 6.61 Å². The van der Waals surface area contributed by atoms with E-state index < -0.39 is 0 Å². The molecule has 22 heavy (non-hydrogen) atoms. The molecule has 3 rings (SSSR count). The van der Waals surface area contributed by atoms with Gasteiger partial charge < -0.3 is 9.67 Å². The van der Waals surface area contributed by atoms with E-state index in [1.54, 1.807) is 0 Å². The zero-order valence-electron chi connectivity index (χ0n) is 13.6. The van der Waals surface area contributed by atoms with Crippen molar-refractivity contribution in [2.45, 2.75) is 26.4 Å². The van der Waals surface area contributed by atoms with E-state index in [9.17, 15) is 0 Å². The van der Waals surface area contributed by atoms with E-state index in [0.717, 1.165) is 50.6 Å². The second-order valence-electron chi connectivity index (χ2n) is 6.32. The van der Waals surface area contributed by atoms with Gasteiger partial charge in [-0.3, -0.25) is 9.80 Å². The summed E-state index contributed by atoms with van der Waals surface area (Å²) in [6.07, 6.45) is 0. The fraction of sp³-hybridized carbons (Fsp3) is 0.588. The Kier molecular flexibility index (Phi) is 4.76. The van der Waals surface area contributed by atoms with Gasteiger partial charge in [0.25, 0.3) is 0 Å². The summed E-state index contributed by atoms with van der Waals surface area (Å²) in [5.74, 6) is 1.16. The minimum atomic E-state index is 0.253. The van der Waals surface area contributed by atoms with Crippen molar-refractivity contribution < 1.29 is 5.11 Å². The maximum atomic E-state index is 9.03. The lowest BCUT2D eigenvalue weighted by atomic mass is 10.3. The molecule has 2 aromatic rings. The van der Waals surface area contributed by atoms with Gasteiger partial charge in [-0.1, -0.05) is 12.1 Å². The Labute approximate surface area is 132 Å². The molecule has 1 N–H and O–H groups in total. The molecule has 0 bridgehead atoms. The van der Waals surface area contributed by atoms with Gasteiger partial charge in [0.05, 0.1) is 24.2 Å². The molecule has 1 saturated heterocycles. The van der Waals surface area contributed by atoms with Gasteiger partial charge in [-0.15, -0.1) is 0 Å². The predicted octanol–water partition coefficient (Wildman–Crippen LogP) is 1.73. The molecular weight excluding hydrogens is 276 g/mol. The number of imidazole rings is 1. The number of fused-ring (bicyclic) bond motifs is 1. The summed E-state index contributed by atoms with van der Waals surface area (Å²) in [5.41, 5.74) is 2.32. The second-order valence-corrected chi connectivity index (χ2v) is 6.32. The van der Waals surface area contributed by atoms with Gasteiger partial charge in [-0.2, -0.15) is 0 Å². The standard InChI is InChI=1S/C17H26N4O/c1-14(2)21-16-6-4-3-5-15(16)18-17(21)13-20-9-7-19(8-10-20)11-12-22/h3-6,14,22H,7-13H2,1-2H3. The average molecular weight is 302 g/mol. The van der Waals surface area contributed by atoms with E-state index >= 15 is 0 Å². The van der Waals surface area contributed by atoms with Gasteiger partial charge in [0.1, 0.15) is 5.82 Å². The summed E-state index contributed by atoms with van der Waals surface area (Å²) < 4.78 is 2.36. The van der Waals surface area contributed by atoms with Crippen molar-refractivity contribution in [2.24, 2.45) is 0 Å². The summed E-state index contributed by atoms with van der Waals surface area (Å²) in [5, 5.41) is 9.03. The van der Waals surface area contributed by atoms with Crippen molar-refractivity contribution in [1.29, 1.82) is 0 Å². The SMILES string of the molecule is CC(C)n1c(CN2CCN(CCO)CC2)nc2ccccc21. The fourth-order valence-corrected chi connectivity index (χ4v) is 3.29. The third-order valence-corrected chi connectivity index (χ3v) is 4.43. The number of benzene rings is 1. The molecule has 1 aromatic carbocycles. The van der Waals surface area contributed by atoms with Crippen LogP contribution >= 0.6 is 0 Å². The van der Waals surface area contributed by atoms with Crippen LogP contribution in [0.15, 0.2) is 24.3 Å². The molecule has 0 unspecified atom stereocenters. The molecule has 0 radical (unpaired) electrons. The number of piperazine rings is 1. The third kappa shape index (κ3) is 3.16. The van der Waals surface area contributed by atoms with E-state index in [0.29, 0.717) is 6.04 Å². The van der Waals surface area contributed by atoms with Crippen molar-refractivity contribution in [3.05, 3.63) is 30.1 Å². The highest BCUT2D eigenvalue weighted by molar-refractivity contribution is 5.76. The van der Waals surface area contributed by atoms with Crippen LogP contribution in [0, 0.1) is 0 Å². The first-order valence-corrected chi connectivity index (χ1v) is 8.20. The predicted molar refractivity (Wildman–Crippen MR) is 88.9 cm³/mol. The van der Waals surface area contributed by atoms with Crippen LogP contribution in [0.3, 0.4) is 0 Å². The van der Waals surface area contributed by atoms with Crippen LogP contribution in [-0.2, 0) is 6.54 Å². The van der Waals surface area contributed by atoms with Gasteiger partial charge in [-0.25, -0.2) is 4.98 Å². The van der Waals surface area contributed by atoms with Crippen LogP contribution in [0.4, 0.5) is 0 Å². The molecule has 1 fully saturated rings. The average Bonchev–Trinajstić information content (AvgIpc) is 2.87.